The number of hydrogen-bond donors (Lipinski definition) is 3. The van der Waals surface area contributed by atoms with Gasteiger partial charge in [-0.25, -0.2) is 9.78 Å². The Bertz CT molecular complexity index is 1310. The van der Waals surface area contributed by atoms with Crippen molar-refractivity contribution in [2.75, 3.05) is 18.6 Å². The second-order valence-corrected chi connectivity index (χ2v) is 10.6. The van der Waals surface area contributed by atoms with Crippen molar-refractivity contribution in [3.63, 3.8) is 0 Å². The van der Waals surface area contributed by atoms with Crippen LogP contribution in [0.5, 0.6) is 0 Å². The molecule has 0 spiro atoms. The van der Waals surface area contributed by atoms with E-state index in [0.29, 0.717) is 17.9 Å². The third-order valence-corrected chi connectivity index (χ3v) is 8.46. The number of thiazole rings is 1. The Kier molecular flexibility index (Phi) is 8.59. The first-order valence-electron chi connectivity index (χ1n) is 11.4. The van der Waals surface area contributed by atoms with Gasteiger partial charge in [-0.15, -0.1) is 23.1 Å². The number of carbonyl (C=O) groups is 3. The SMILES string of the molecule is CO/N=C(/C(=O)N[C@@H]1C(=O)N2C(C(=O)O)=C(C[n+]3cccc4c3CCCC4)CS[C@H]12)c1csc(N)n1.[NaH]. The number of aromatic nitrogens is 2. The van der Waals surface area contributed by atoms with Crippen LogP contribution in [-0.2, 0) is 38.6 Å². The summed E-state index contributed by atoms with van der Waals surface area (Å²) < 4.78 is 2.10. The van der Waals surface area contributed by atoms with Gasteiger partial charge in [0, 0.05) is 34.8 Å². The Morgan fingerprint density at radius 2 is 2.16 bits per heavy atom. The topological polar surface area (TPSA) is 151 Å². The van der Waals surface area contributed by atoms with Crippen LogP contribution in [0.4, 0.5) is 5.13 Å². The number of carbonyl (C=O) groups excluding carboxylic acids is 2. The van der Waals surface area contributed by atoms with Crippen LogP contribution in [0.1, 0.15) is 29.8 Å². The monoisotopic (exact) mass is 553 g/mol. The molecule has 3 aliphatic rings. The zero-order valence-electron chi connectivity index (χ0n) is 19.5. The summed E-state index contributed by atoms with van der Waals surface area (Å²) in [6.07, 6.45) is 6.20. The van der Waals surface area contributed by atoms with Gasteiger partial charge in [0.25, 0.3) is 11.8 Å². The molecule has 2 aliphatic heterocycles. The molecule has 2 atom stereocenters. The van der Waals surface area contributed by atoms with Gasteiger partial charge < -0.3 is 21.0 Å². The number of aliphatic carboxylic acids is 1. The van der Waals surface area contributed by atoms with Gasteiger partial charge in [-0.1, -0.05) is 5.16 Å². The first kappa shape index (κ1) is 27.6. The minimum absolute atomic E-state index is 0. The first-order valence-corrected chi connectivity index (χ1v) is 13.4. The van der Waals surface area contributed by atoms with Crippen molar-refractivity contribution in [2.24, 2.45) is 5.16 Å². The number of anilines is 1. The van der Waals surface area contributed by atoms with Gasteiger partial charge in [0.15, 0.2) is 29.3 Å². The molecule has 0 bridgehead atoms. The molecule has 11 nitrogen and oxygen atoms in total. The van der Waals surface area contributed by atoms with E-state index in [2.05, 4.69) is 26.1 Å². The number of hydrogen-bond acceptors (Lipinski definition) is 9. The average molecular weight is 554 g/mol. The zero-order chi connectivity index (χ0) is 25.4. The van der Waals surface area contributed by atoms with E-state index in [1.54, 1.807) is 5.38 Å². The summed E-state index contributed by atoms with van der Waals surface area (Å²) in [5, 5.41) is 17.7. The summed E-state index contributed by atoms with van der Waals surface area (Å²) in [6, 6.07) is 3.21. The second kappa shape index (κ2) is 11.5. The zero-order valence-corrected chi connectivity index (χ0v) is 21.1. The number of nitrogens with two attached hydrogens (primary N) is 1. The molecule has 5 rings (SSSR count). The van der Waals surface area contributed by atoms with Crippen molar-refractivity contribution in [3.8, 4) is 0 Å². The van der Waals surface area contributed by atoms with E-state index in [-0.39, 0.29) is 51.8 Å². The third kappa shape index (κ3) is 5.28. The van der Waals surface area contributed by atoms with E-state index < -0.39 is 29.2 Å². The number of fused-ring (bicyclic) bond motifs is 2. The van der Waals surface area contributed by atoms with Gasteiger partial charge in [-0.3, -0.25) is 14.5 Å². The van der Waals surface area contributed by atoms with Crippen LogP contribution >= 0.6 is 23.1 Å². The van der Waals surface area contributed by atoms with E-state index in [4.69, 9.17) is 10.6 Å². The molecule has 2 amide bonds. The van der Waals surface area contributed by atoms with Crippen molar-refractivity contribution in [1.29, 1.82) is 0 Å². The molecule has 2 aromatic rings. The number of nitrogens with zero attached hydrogens (tertiary/aromatic N) is 4. The van der Waals surface area contributed by atoms with Crippen molar-refractivity contribution >= 4 is 81.3 Å². The molecule has 14 heteroatoms. The summed E-state index contributed by atoms with van der Waals surface area (Å²) in [6.45, 7) is 0.404. The number of nitrogens with one attached hydrogen (secondary N) is 1. The van der Waals surface area contributed by atoms with Crippen molar-refractivity contribution in [2.45, 2.75) is 43.6 Å². The number of carboxylic acid groups (broad SMARTS) is 1. The Labute approximate surface area is 243 Å². The molecule has 0 saturated carbocycles. The Hall–Kier alpha value is -2.45. The fraction of sp³-hybridized carbons (Fsp3) is 0.391. The van der Waals surface area contributed by atoms with Crippen molar-refractivity contribution < 1.29 is 28.9 Å². The van der Waals surface area contributed by atoms with Gasteiger partial charge in [0.1, 0.15) is 29.9 Å². The summed E-state index contributed by atoms with van der Waals surface area (Å²) in [5.41, 5.74) is 8.96. The van der Waals surface area contributed by atoms with Crippen molar-refractivity contribution in [1.82, 2.24) is 15.2 Å². The van der Waals surface area contributed by atoms with E-state index in [1.165, 1.54) is 35.0 Å². The van der Waals surface area contributed by atoms with Gasteiger partial charge in [-0.2, -0.15) is 4.57 Å². The Morgan fingerprint density at radius 3 is 2.86 bits per heavy atom. The molecule has 190 valence electrons. The normalized spacial score (nSPS) is 20.8. The van der Waals surface area contributed by atoms with Crippen LogP contribution in [0.15, 0.2) is 40.1 Å². The fourth-order valence-electron chi connectivity index (χ4n) is 4.83. The molecule has 0 aromatic carbocycles. The summed E-state index contributed by atoms with van der Waals surface area (Å²) >= 11 is 2.57. The minimum atomic E-state index is -1.15. The predicted molar refractivity (Wildman–Crippen MR) is 140 cm³/mol. The van der Waals surface area contributed by atoms with Gasteiger partial charge in [-0.05, 0) is 25.3 Å². The molecule has 1 aliphatic carbocycles. The van der Waals surface area contributed by atoms with E-state index in [9.17, 15) is 19.5 Å². The maximum absolute atomic E-state index is 13.1. The summed E-state index contributed by atoms with van der Waals surface area (Å²) in [5.74, 6) is -1.86. The second-order valence-electron chi connectivity index (χ2n) is 8.63. The van der Waals surface area contributed by atoms with Crippen LogP contribution in [0.3, 0.4) is 0 Å². The summed E-state index contributed by atoms with van der Waals surface area (Å²) in [7, 11) is 1.30. The molecule has 1 saturated heterocycles. The molecule has 1 fully saturated rings. The van der Waals surface area contributed by atoms with Crippen LogP contribution in [0, 0.1) is 0 Å². The van der Waals surface area contributed by atoms with E-state index in [1.807, 2.05) is 12.3 Å². The number of pyridine rings is 1. The number of oxime groups is 1. The number of rotatable bonds is 7. The molecule has 4 N–H and O–H groups in total. The molecular formula is C23H26N6NaO5S2+. The molecule has 0 radical (unpaired) electrons. The molecular weight excluding hydrogens is 527 g/mol. The van der Waals surface area contributed by atoms with Crippen LogP contribution in [0.25, 0.3) is 0 Å². The number of nitrogen functional groups attached to an aromatic ring is 1. The van der Waals surface area contributed by atoms with Gasteiger partial charge in [0.05, 0.1) is 0 Å². The molecule has 37 heavy (non-hydrogen) atoms. The number of β-lactam (4-membered cyclic amide) rings is 1. The van der Waals surface area contributed by atoms with Gasteiger partial charge >= 0.3 is 35.5 Å². The number of thioether (sulfide) groups is 1. The standard InChI is InChI=1S/C23H24N6O5S2.Na.H/c1-34-27-16(14-11-36-23(24)25-14)19(30)26-17-20(31)29-18(22(32)33)13(10-35-21(17)29)9-28-8-4-6-12-5-2-3-7-15(12)28;;/h4,6,8,11,17,21H,2-3,5,7,9-10H2,1H3,(H3-,24,25,26,30,32,33);;/p+1/b27-16+;;/t17-,21-;;/m1../s1. The van der Waals surface area contributed by atoms with Crippen molar-refractivity contribution in [3.05, 3.63) is 51.9 Å². The van der Waals surface area contributed by atoms with Crippen LogP contribution in [-0.4, -0.2) is 92.3 Å². The Morgan fingerprint density at radius 1 is 1.38 bits per heavy atom. The number of aryl methyl sites for hydroxylation is 1. The average Bonchev–Trinajstić information content (AvgIpc) is 3.31. The number of carboxylic acids is 1. The fourth-order valence-corrected chi connectivity index (χ4v) is 6.72. The van der Waals surface area contributed by atoms with Crippen LogP contribution < -0.4 is 15.6 Å². The van der Waals surface area contributed by atoms with E-state index in [0.717, 1.165) is 37.0 Å². The van der Waals surface area contributed by atoms with E-state index >= 15 is 0 Å². The van der Waals surface area contributed by atoms with Gasteiger partial charge in [0.2, 0.25) is 0 Å². The first-order chi connectivity index (χ1) is 17.4. The number of amides is 2. The third-order valence-electron chi connectivity index (χ3n) is 6.45. The predicted octanol–water partition coefficient (Wildman–Crippen LogP) is 0.0324. The Balaban J connectivity index is 0.00000320. The maximum atomic E-state index is 13.1. The molecule has 4 heterocycles. The summed E-state index contributed by atoms with van der Waals surface area (Å²) in [4.78, 5) is 48.4. The molecule has 2 aromatic heterocycles. The molecule has 0 unspecified atom stereocenters. The van der Waals surface area contributed by atoms with Crippen LogP contribution in [0.2, 0.25) is 0 Å². The quantitative estimate of drug-likeness (QED) is 0.143.